The van der Waals surface area contributed by atoms with Crippen molar-refractivity contribution < 1.29 is 4.79 Å². The summed E-state index contributed by atoms with van der Waals surface area (Å²) in [5.74, 6) is 0.893. The van der Waals surface area contributed by atoms with Gasteiger partial charge in [-0.05, 0) is 18.2 Å². The number of nitrogens with zero attached hydrogens (tertiary/aromatic N) is 3. The van der Waals surface area contributed by atoms with Crippen LogP contribution in [0.1, 0.15) is 17.4 Å². The monoisotopic (exact) mass is 399 g/mol. The highest BCUT2D eigenvalue weighted by Crippen LogP contribution is 2.40. The maximum Gasteiger partial charge on any atom is 0.261 e. The van der Waals surface area contributed by atoms with Crippen LogP contribution in [0.2, 0.25) is 5.02 Å². The fraction of sp³-hybridized carbons (Fsp3) is 0.250. The number of aryl methyl sites for hydroxylation is 1. The van der Waals surface area contributed by atoms with E-state index in [4.69, 9.17) is 11.6 Å². The summed E-state index contributed by atoms with van der Waals surface area (Å²) in [6.07, 6.45) is 1.77. The largest absolute Gasteiger partial charge is 0.326 e. The molecule has 1 amide bonds. The van der Waals surface area contributed by atoms with E-state index < -0.39 is 0 Å². The maximum atomic E-state index is 12.8. The highest BCUT2D eigenvalue weighted by atomic mass is 35.5. The number of thioether (sulfide) groups is 1. The molecule has 3 aromatic rings. The minimum Gasteiger partial charge on any atom is -0.326 e. The van der Waals surface area contributed by atoms with Gasteiger partial charge in [0.1, 0.15) is 5.37 Å². The molecule has 1 fully saturated rings. The van der Waals surface area contributed by atoms with E-state index in [9.17, 15) is 9.59 Å². The Bertz CT molecular complexity index is 1050. The van der Waals surface area contributed by atoms with Crippen molar-refractivity contribution in [3.8, 4) is 0 Å². The quantitative estimate of drug-likeness (QED) is 0.671. The topological polar surface area (TPSA) is 55.2 Å². The first-order chi connectivity index (χ1) is 13.1. The molecule has 1 unspecified atom stereocenters. The van der Waals surface area contributed by atoms with Crippen LogP contribution in [0.5, 0.6) is 0 Å². The third-order valence-corrected chi connectivity index (χ3v) is 6.27. The molecule has 0 spiro atoms. The van der Waals surface area contributed by atoms with Crippen LogP contribution in [-0.4, -0.2) is 32.7 Å². The number of aromatic nitrogens is 2. The number of benzene rings is 2. The Balaban J connectivity index is 1.50. The van der Waals surface area contributed by atoms with Crippen molar-refractivity contribution in [1.82, 2.24) is 14.5 Å². The van der Waals surface area contributed by atoms with Gasteiger partial charge in [-0.15, -0.1) is 11.8 Å². The van der Waals surface area contributed by atoms with Gasteiger partial charge in [0.05, 0.1) is 17.2 Å². The second kappa shape index (κ2) is 7.74. The molecule has 7 heteroatoms. The lowest BCUT2D eigenvalue weighted by Crippen LogP contribution is -2.32. The van der Waals surface area contributed by atoms with Crippen LogP contribution in [-0.2, 0) is 11.3 Å². The van der Waals surface area contributed by atoms with Gasteiger partial charge < -0.3 is 4.90 Å². The van der Waals surface area contributed by atoms with Crippen LogP contribution >= 0.6 is 23.4 Å². The number of para-hydroxylation sites is 1. The fourth-order valence-electron chi connectivity index (χ4n) is 3.28. The van der Waals surface area contributed by atoms with E-state index in [1.165, 1.54) is 10.9 Å². The molecule has 2 aromatic carbocycles. The van der Waals surface area contributed by atoms with Crippen molar-refractivity contribution in [2.75, 3.05) is 12.3 Å². The minimum absolute atomic E-state index is 0.0185. The summed E-state index contributed by atoms with van der Waals surface area (Å²) in [5, 5.41) is 1.17. The lowest BCUT2D eigenvalue weighted by molar-refractivity contribution is -0.131. The Morgan fingerprint density at radius 2 is 1.96 bits per heavy atom. The average Bonchev–Trinajstić information content (AvgIpc) is 3.17. The molecule has 0 N–H and O–H groups in total. The molecule has 0 saturated carbocycles. The highest BCUT2D eigenvalue weighted by molar-refractivity contribution is 7.99. The molecule has 4 rings (SSSR count). The van der Waals surface area contributed by atoms with E-state index in [0.29, 0.717) is 29.0 Å². The summed E-state index contributed by atoms with van der Waals surface area (Å²) in [7, 11) is 0. The molecule has 5 nitrogen and oxygen atoms in total. The van der Waals surface area contributed by atoms with Crippen molar-refractivity contribution in [3.05, 3.63) is 75.8 Å². The molecule has 138 valence electrons. The molecule has 0 bridgehead atoms. The Morgan fingerprint density at radius 3 is 2.81 bits per heavy atom. The first kappa shape index (κ1) is 18.1. The second-order valence-corrected chi connectivity index (χ2v) is 7.94. The van der Waals surface area contributed by atoms with Gasteiger partial charge in [-0.2, -0.15) is 0 Å². The van der Waals surface area contributed by atoms with Crippen LogP contribution in [0.25, 0.3) is 10.9 Å². The molecule has 0 aliphatic carbocycles. The molecule has 2 heterocycles. The highest BCUT2D eigenvalue weighted by Gasteiger charge is 2.31. The van der Waals surface area contributed by atoms with Crippen LogP contribution < -0.4 is 5.56 Å². The van der Waals surface area contributed by atoms with Gasteiger partial charge in [0, 0.05) is 35.8 Å². The van der Waals surface area contributed by atoms with Crippen LogP contribution in [0.15, 0.2) is 59.7 Å². The summed E-state index contributed by atoms with van der Waals surface area (Å²) in [6.45, 7) is 0.996. The summed E-state index contributed by atoms with van der Waals surface area (Å²) in [6, 6.07) is 14.9. The third-order valence-electron chi connectivity index (χ3n) is 4.68. The van der Waals surface area contributed by atoms with Gasteiger partial charge >= 0.3 is 0 Å². The zero-order valence-electron chi connectivity index (χ0n) is 14.5. The predicted molar refractivity (Wildman–Crippen MR) is 109 cm³/mol. The molecule has 0 radical (unpaired) electrons. The number of carbonyl (C=O) groups is 1. The van der Waals surface area contributed by atoms with E-state index in [0.717, 1.165) is 11.3 Å². The summed E-state index contributed by atoms with van der Waals surface area (Å²) in [4.78, 5) is 31.6. The molecular formula is C20H18ClN3O2S. The lowest BCUT2D eigenvalue weighted by Gasteiger charge is -2.25. The smallest absolute Gasteiger partial charge is 0.261 e. The average molecular weight is 400 g/mol. The molecule has 1 aromatic heterocycles. The number of hydrogen-bond donors (Lipinski definition) is 0. The van der Waals surface area contributed by atoms with Crippen LogP contribution in [0.3, 0.4) is 0 Å². The van der Waals surface area contributed by atoms with E-state index in [1.807, 2.05) is 47.4 Å². The van der Waals surface area contributed by atoms with Gasteiger partial charge in [-0.1, -0.05) is 41.9 Å². The number of hydrogen-bond acceptors (Lipinski definition) is 4. The van der Waals surface area contributed by atoms with Crippen molar-refractivity contribution in [1.29, 1.82) is 0 Å². The number of carbonyl (C=O) groups excluding carboxylic acids is 1. The lowest BCUT2D eigenvalue weighted by atomic mass is 10.2. The van der Waals surface area contributed by atoms with Crippen molar-refractivity contribution in [2.24, 2.45) is 0 Å². The SMILES string of the molecule is O=C(CCn1cnc2ccccc2c1=O)N1CCSC1c1ccccc1Cl. The van der Waals surface area contributed by atoms with Crippen molar-refractivity contribution in [3.63, 3.8) is 0 Å². The van der Waals surface area contributed by atoms with Gasteiger partial charge in [0.2, 0.25) is 5.91 Å². The summed E-state index contributed by atoms with van der Waals surface area (Å²) in [5.41, 5.74) is 1.51. The van der Waals surface area contributed by atoms with Crippen LogP contribution in [0.4, 0.5) is 0 Å². The molecule has 1 saturated heterocycles. The third kappa shape index (κ3) is 3.59. The van der Waals surface area contributed by atoms with E-state index in [-0.39, 0.29) is 23.3 Å². The number of halogens is 1. The maximum absolute atomic E-state index is 12.8. The molecular weight excluding hydrogens is 382 g/mol. The first-order valence-electron chi connectivity index (χ1n) is 8.75. The fourth-order valence-corrected chi connectivity index (χ4v) is 4.90. The molecule has 1 aliphatic rings. The zero-order chi connectivity index (χ0) is 18.8. The van der Waals surface area contributed by atoms with Gasteiger partial charge in [-0.25, -0.2) is 4.98 Å². The van der Waals surface area contributed by atoms with E-state index in [2.05, 4.69) is 4.98 Å². The number of amides is 1. The normalized spacial score (nSPS) is 16.8. The van der Waals surface area contributed by atoms with Crippen molar-refractivity contribution in [2.45, 2.75) is 18.3 Å². The molecule has 27 heavy (non-hydrogen) atoms. The number of rotatable bonds is 4. The molecule has 1 atom stereocenters. The summed E-state index contributed by atoms with van der Waals surface area (Å²) >= 11 is 8.03. The Morgan fingerprint density at radius 1 is 1.19 bits per heavy atom. The van der Waals surface area contributed by atoms with Crippen LogP contribution in [0, 0.1) is 0 Å². The zero-order valence-corrected chi connectivity index (χ0v) is 16.1. The first-order valence-corrected chi connectivity index (χ1v) is 10.2. The Kier molecular flexibility index (Phi) is 5.18. The summed E-state index contributed by atoms with van der Waals surface area (Å²) < 4.78 is 1.51. The second-order valence-electron chi connectivity index (χ2n) is 6.34. The molecule has 1 aliphatic heterocycles. The van der Waals surface area contributed by atoms with Crippen molar-refractivity contribution >= 4 is 40.2 Å². The van der Waals surface area contributed by atoms with E-state index in [1.54, 1.807) is 17.8 Å². The minimum atomic E-state index is -0.119. The van der Waals surface area contributed by atoms with E-state index >= 15 is 0 Å². The standard InChI is InChI=1S/C20H18ClN3O2S/c21-16-7-3-1-5-14(16)20-24(11-12-27-20)18(25)9-10-23-13-22-17-8-4-2-6-15(17)19(23)26/h1-8,13,20H,9-12H2. The Labute approximate surface area is 166 Å². The van der Waals surface area contributed by atoms with Gasteiger partial charge in [0.15, 0.2) is 0 Å². The van der Waals surface area contributed by atoms with Gasteiger partial charge in [0.25, 0.3) is 5.56 Å². The van der Waals surface area contributed by atoms with Gasteiger partial charge in [-0.3, -0.25) is 14.2 Å². The Hall–Kier alpha value is -2.31. The number of fused-ring (bicyclic) bond motifs is 1. The predicted octanol–water partition coefficient (Wildman–Crippen LogP) is 3.71.